The van der Waals surface area contributed by atoms with Crippen molar-refractivity contribution in [2.45, 2.75) is 20.0 Å². The van der Waals surface area contributed by atoms with E-state index in [0.717, 1.165) is 11.1 Å². The Morgan fingerprint density at radius 1 is 1.09 bits per heavy atom. The minimum absolute atomic E-state index is 0.0564. The summed E-state index contributed by atoms with van der Waals surface area (Å²) in [7, 11) is 0. The Morgan fingerprint density at radius 3 is 2.45 bits per heavy atom. The molecule has 0 atom stereocenters. The van der Waals surface area contributed by atoms with Crippen molar-refractivity contribution in [3.63, 3.8) is 0 Å². The van der Waals surface area contributed by atoms with E-state index in [2.05, 4.69) is 4.90 Å². The van der Waals surface area contributed by atoms with Crippen molar-refractivity contribution in [3.05, 3.63) is 75.3 Å². The van der Waals surface area contributed by atoms with Gasteiger partial charge in [-0.25, -0.2) is 0 Å². The maximum Gasteiger partial charge on any atom is 0.272 e. The molecule has 0 bridgehead atoms. The topological polar surface area (TPSA) is 66.6 Å². The summed E-state index contributed by atoms with van der Waals surface area (Å²) in [4.78, 5) is 12.8. The van der Waals surface area contributed by atoms with Gasteiger partial charge in [0, 0.05) is 31.3 Å². The third-order valence-electron chi connectivity index (χ3n) is 3.67. The Bertz CT molecular complexity index is 629. The second kappa shape index (κ2) is 7.68. The summed E-state index contributed by atoms with van der Waals surface area (Å²) in [5.41, 5.74) is 2.89. The molecule has 0 amide bonds. The molecular weight excluding hydrogens is 280 g/mol. The van der Waals surface area contributed by atoms with Crippen LogP contribution in [-0.2, 0) is 13.1 Å². The van der Waals surface area contributed by atoms with Crippen LogP contribution < -0.4 is 0 Å². The lowest BCUT2D eigenvalue weighted by atomic mass is 10.1. The van der Waals surface area contributed by atoms with Gasteiger partial charge in [-0.3, -0.25) is 15.0 Å². The summed E-state index contributed by atoms with van der Waals surface area (Å²) in [6, 6.07) is 15.1. The molecule has 0 saturated carbocycles. The second-order valence-corrected chi connectivity index (χ2v) is 5.24. The largest absolute Gasteiger partial charge is 0.395 e. The summed E-state index contributed by atoms with van der Waals surface area (Å²) in [5, 5.41) is 20.3. The van der Waals surface area contributed by atoms with Gasteiger partial charge in [0.25, 0.3) is 5.69 Å². The molecule has 0 fully saturated rings. The molecule has 0 heterocycles. The Labute approximate surface area is 130 Å². The van der Waals surface area contributed by atoms with Crippen molar-refractivity contribution >= 4 is 5.69 Å². The molecule has 0 aliphatic heterocycles. The van der Waals surface area contributed by atoms with Gasteiger partial charge in [0.1, 0.15) is 0 Å². The van der Waals surface area contributed by atoms with Crippen LogP contribution >= 0.6 is 0 Å². The predicted octanol–water partition coefficient (Wildman–Crippen LogP) is 2.90. The fourth-order valence-electron chi connectivity index (χ4n) is 2.48. The van der Waals surface area contributed by atoms with Crippen LogP contribution in [0.1, 0.15) is 16.7 Å². The zero-order valence-electron chi connectivity index (χ0n) is 12.6. The zero-order chi connectivity index (χ0) is 15.9. The van der Waals surface area contributed by atoms with Crippen molar-refractivity contribution in [1.82, 2.24) is 4.90 Å². The van der Waals surface area contributed by atoms with Crippen LogP contribution in [0.4, 0.5) is 5.69 Å². The lowest BCUT2D eigenvalue weighted by Crippen LogP contribution is -2.26. The standard InChI is InChI=1S/C17H20N2O3/c1-14-16(8-5-9-17(14)19(21)22)13-18(10-11-20)12-15-6-3-2-4-7-15/h2-9,20H,10-13H2,1H3. The van der Waals surface area contributed by atoms with E-state index in [4.69, 9.17) is 0 Å². The van der Waals surface area contributed by atoms with Gasteiger partial charge in [0.2, 0.25) is 0 Å². The van der Waals surface area contributed by atoms with Crippen LogP contribution in [0.15, 0.2) is 48.5 Å². The molecule has 2 aromatic rings. The molecule has 0 saturated heterocycles. The lowest BCUT2D eigenvalue weighted by Gasteiger charge is -2.22. The molecule has 2 rings (SSSR count). The van der Waals surface area contributed by atoms with Crippen LogP contribution in [0.3, 0.4) is 0 Å². The van der Waals surface area contributed by atoms with E-state index in [1.54, 1.807) is 13.0 Å². The van der Waals surface area contributed by atoms with Crippen molar-refractivity contribution in [1.29, 1.82) is 0 Å². The number of aliphatic hydroxyl groups is 1. The van der Waals surface area contributed by atoms with E-state index >= 15 is 0 Å². The maximum absolute atomic E-state index is 11.0. The highest BCUT2D eigenvalue weighted by atomic mass is 16.6. The van der Waals surface area contributed by atoms with E-state index in [1.807, 2.05) is 36.4 Å². The number of nitro benzene ring substituents is 1. The first kappa shape index (κ1) is 16.1. The molecular formula is C17H20N2O3. The van der Waals surface area contributed by atoms with Crippen LogP contribution in [0.2, 0.25) is 0 Å². The third kappa shape index (κ3) is 4.13. The van der Waals surface area contributed by atoms with Crippen LogP contribution in [0.25, 0.3) is 0 Å². The summed E-state index contributed by atoms with van der Waals surface area (Å²) < 4.78 is 0. The first-order chi connectivity index (χ1) is 10.6. The first-order valence-electron chi connectivity index (χ1n) is 7.22. The van der Waals surface area contributed by atoms with Crippen molar-refractivity contribution in [3.8, 4) is 0 Å². The van der Waals surface area contributed by atoms with Gasteiger partial charge in [-0.15, -0.1) is 0 Å². The summed E-state index contributed by atoms with van der Waals surface area (Å²) in [6.07, 6.45) is 0. The van der Waals surface area contributed by atoms with Crippen LogP contribution in [0.5, 0.6) is 0 Å². The average Bonchev–Trinajstić information content (AvgIpc) is 2.50. The average molecular weight is 300 g/mol. The van der Waals surface area contributed by atoms with Crippen molar-refractivity contribution < 1.29 is 10.0 Å². The molecule has 0 spiro atoms. The predicted molar refractivity (Wildman–Crippen MR) is 85.5 cm³/mol. The molecule has 1 N–H and O–H groups in total. The maximum atomic E-state index is 11.0. The molecule has 0 unspecified atom stereocenters. The first-order valence-corrected chi connectivity index (χ1v) is 7.22. The van der Waals surface area contributed by atoms with Gasteiger partial charge in [0.15, 0.2) is 0 Å². The SMILES string of the molecule is Cc1c(CN(CCO)Cc2ccccc2)cccc1[N+](=O)[O-]. The molecule has 116 valence electrons. The van der Waals surface area contributed by atoms with E-state index in [1.165, 1.54) is 6.07 Å². The molecule has 5 heteroatoms. The lowest BCUT2D eigenvalue weighted by molar-refractivity contribution is -0.385. The molecule has 22 heavy (non-hydrogen) atoms. The second-order valence-electron chi connectivity index (χ2n) is 5.24. The zero-order valence-corrected chi connectivity index (χ0v) is 12.6. The van der Waals surface area contributed by atoms with Gasteiger partial charge in [0.05, 0.1) is 11.5 Å². The third-order valence-corrected chi connectivity index (χ3v) is 3.67. The summed E-state index contributed by atoms with van der Waals surface area (Å²) in [6.45, 7) is 3.62. The highest BCUT2D eigenvalue weighted by Gasteiger charge is 2.15. The highest BCUT2D eigenvalue weighted by Crippen LogP contribution is 2.22. The molecule has 0 aromatic heterocycles. The Kier molecular flexibility index (Phi) is 5.63. The normalized spacial score (nSPS) is 10.9. The van der Waals surface area contributed by atoms with E-state index in [-0.39, 0.29) is 17.2 Å². The number of rotatable bonds is 7. The van der Waals surface area contributed by atoms with Gasteiger partial charge >= 0.3 is 0 Å². The Hall–Kier alpha value is -2.24. The van der Waals surface area contributed by atoms with Gasteiger partial charge < -0.3 is 5.11 Å². The van der Waals surface area contributed by atoms with Crippen LogP contribution in [0, 0.1) is 17.0 Å². The minimum atomic E-state index is -0.355. The van der Waals surface area contributed by atoms with E-state index in [9.17, 15) is 15.2 Å². The van der Waals surface area contributed by atoms with Crippen molar-refractivity contribution in [2.75, 3.05) is 13.2 Å². The number of nitrogens with zero attached hydrogens (tertiary/aromatic N) is 2. The number of aliphatic hydroxyl groups excluding tert-OH is 1. The Morgan fingerprint density at radius 2 is 1.82 bits per heavy atom. The monoisotopic (exact) mass is 300 g/mol. The summed E-state index contributed by atoms with van der Waals surface area (Å²) >= 11 is 0. The molecule has 0 aliphatic rings. The van der Waals surface area contributed by atoms with Gasteiger partial charge in [-0.1, -0.05) is 42.5 Å². The Balaban J connectivity index is 2.17. The van der Waals surface area contributed by atoms with Crippen LogP contribution in [-0.4, -0.2) is 28.1 Å². The van der Waals surface area contributed by atoms with E-state index < -0.39 is 0 Å². The van der Waals surface area contributed by atoms with Gasteiger partial charge in [-0.2, -0.15) is 0 Å². The minimum Gasteiger partial charge on any atom is -0.395 e. The van der Waals surface area contributed by atoms with Crippen molar-refractivity contribution in [2.24, 2.45) is 0 Å². The summed E-state index contributed by atoms with van der Waals surface area (Å²) in [5.74, 6) is 0. The smallest absolute Gasteiger partial charge is 0.272 e. The number of benzene rings is 2. The molecule has 2 aromatic carbocycles. The molecule has 0 radical (unpaired) electrons. The van der Waals surface area contributed by atoms with Gasteiger partial charge in [-0.05, 0) is 18.1 Å². The number of hydrogen-bond donors (Lipinski definition) is 1. The molecule has 5 nitrogen and oxygen atoms in total. The fraction of sp³-hybridized carbons (Fsp3) is 0.294. The van der Waals surface area contributed by atoms with E-state index in [0.29, 0.717) is 25.2 Å². The highest BCUT2D eigenvalue weighted by molar-refractivity contribution is 5.44. The number of hydrogen-bond acceptors (Lipinski definition) is 4. The number of nitro groups is 1. The molecule has 0 aliphatic carbocycles. The fourth-order valence-corrected chi connectivity index (χ4v) is 2.48. The quantitative estimate of drug-likeness (QED) is 0.630.